The molecule has 0 bridgehead atoms. The minimum atomic E-state index is -0.739. The highest BCUT2D eigenvalue weighted by atomic mass is 19.1. The van der Waals surface area contributed by atoms with Crippen molar-refractivity contribution in [2.75, 3.05) is 26.2 Å². The van der Waals surface area contributed by atoms with Crippen LogP contribution in [-0.2, 0) is 4.79 Å². The fraction of sp³-hybridized carbons (Fsp3) is 0.462. The van der Waals surface area contributed by atoms with E-state index in [1.54, 1.807) is 0 Å². The molecule has 1 aromatic rings. The van der Waals surface area contributed by atoms with Gasteiger partial charge in [-0.1, -0.05) is 6.07 Å². The molecule has 1 unspecified atom stereocenters. The van der Waals surface area contributed by atoms with Crippen molar-refractivity contribution >= 4 is 5.91 Å². The summed E-state index contributed by atoms with van der Waals surface area (Å²) in [4.78, 5) is 13.6. The van der Waals surface area contributed by atoms with Crippen molar-refractivity contribution in [1.29, 1.82) is 0 Å². The number of halogens is 1. The maximum Gasteiger partial charge on any atom is 0.239 e. The summed E-state index contributed by atoms with van der Waals surface area (Å²) < 4.78 is 13.4. The lowest BCUT2D eigenvalue weighted by molar-refractivity contribution is -0.123. The molecule has 1 amide bonds. The van der Waals surface area contributed by atoms with Crippen molar-refractivity contribution in [2.45, 2.75) is 12.5 Å². The third kappa shape index (κ3) is 3.21. The van der Waals surface area contributed by atoms with Gasteiger partial charge in [0, 0.05) is 19.6 Å². The number of phenolic OH excluding ortho intramolecular Hbond substituents is 1. The summed E-state index contributed by atoms with van der Waals surface area (Å²) >= 11 is 0. The fourth-order valence-electron chi connectivity index (χ4n) is 2.37. The lowest BCUT2D eigenvalue weighted by Gasteiger charge is -2.28. The van der Waals surface area contributed by atoms with Gasteiger partial charge >= 0.3 is 0 Å². The maximum absolute atomic E-state index is 13.4. The standard InChI is InChI=1S/C13H18FN3O2/c14-10-8-9(2-3-11(10)18)12(13(15)19)17-6-1-4-16-5-7-17/h2-3,8,12,16,18H,1,4-7H2,(H2,15,19). The van der Waals surface area contributed by atoms with Gasteiger partial charge in [-0.15, -0.1) is 0 Å². The summed E-state index contributed by atoms with van der Waals surface area (Å²) in [6, 6.07) is 3.29. The molecular formula is C13H18FN3O2. The van der Waals surface area contributed by atoms with Gasteiger partial charge in [-0.25, -0.2) is 4.39 Å². The highest BCUT2D eigenvalue weighted by Crippen LogP contribution is 2.25. The Kier molecular flexibility index (Phi) is 4.34. The highest BCUT2D eigenvalue weighted by molar-refractivity contribution is 5.81. The minimum absolute atomic E-state index is 0.426. The van der Waals surface area contributed by atoms with E-state index < -0.39 is 23.5 Å². The third-order valence-electron chi connectivity index (χ3n) is 3.30. The van der Waals surface area contributed by atoms with E-state index in [9.17, 15) is 14.3 Å². The molecule has 1 fully saturated rings. The van der Waals surface area contributed by atoms with Crippen LogP contribution < -0.4 is 11.1 Å². The van der Waals surface area contributed by atoms with E-state index in [-0.39, 0.29) is 0 Å². The third-order valence-corrected chi connectivity index (χ3v) is 3.30. The summed E-state index contributed by atoms with van der Waals surface area (Å²) in [7, 11) is 0. The Labute approximate surface area is 111 Å². The van der Waals surface area contributed by atoms with Crippen molar-refractivity contribution in [2.24, 2.45) is 5.73 Å². The van der Waals surface area contributed by atoms with Crippen LogP contribution in [0.3, 0.4) is 0 Å². The molecular weight excluding hydrogens is 249 g/mol. The highest BCUT2D eigenvalue weighted by Gasteiger charge is 2.26. The fourth-order valence-corrected chi connectivity index (χ4v) is 2.37. The van der Waals surface area contributed by atoms with Crippen molar-refractivity contribution in [3.8, 4) is 5.75 Å². The smallest absolute Gasteiger partial charge is 0.239 e. The lowest BCUT2D eigenvalue weighted by atomic mass is 10.0. The molecule has 1 aliphatic rings. The van der Waals surface area contributed by atoms with E-state index in [1.807, 2.05) is 4.90 Å². The minimum Gasteiger partial charge on any atom is -0.505 e. The van der Waals surface area contributed by atoms with Gasteiger partial charge < -0.3 is 16.2 Å². The number of benzene rings is 1. The number of nitrogens with one attached hydrogen (secondary N) is 1. The van der Waals surface area contributed by atoms with Gasteiger partial charge in [0.1, 0.15) is 6.04 Å². The topological polar surface area (TPSA) is 78.6 Å². The Morgan fingerprint density at radius 3 is 2.89 bits per heavy atom. The van der Waals surface area contributed by atoms with Crippen LogP contribution in [-0.4, -0.2) is 42.1 Å². The van der Waals surface area contributed by atoms with Crippen LogP contribution in [0.4, 0.5) is 4.39 Å². The van der Waals surface area contributed by atoms with Crippen LogP contribution >= 0.6 is 0 Å². The molecule has 0 aromatic heterocycles. The number of phenols is 1. The summed E-state index contributed by atoms with van der Waals surface area (Å²) in [5.74, 6) is -1.67. The molecule has 2 rings (SSSR count). The number of aromatic hydroxyl groups is 1. The van der Waals surface area contributed by atoms with Crippen LogP contribution in [0.1, 0.15) is 18.0 Å². The zero-order valence-electron chi connectivity index (χ0n) is 10.6. The molecule has 4 N–H and O–H groups in total. The van der Waals surface area contributed by atoms with Crippen molar-refractivity contribution in [3.63, 3.8) is 0 Å². The van der Waals surface area contributed by atoms with Crippen LogP contribution in [0.2, 0.25) is 0 Å². The van der Waals surface area contributed by atoms with E-state index >= 15 is 0 Å². The molecule has 5 nitrogen and oxygen atoms in total. The maximum atomic E-state index is 13.4. The zero-order valence-corrected chi connectivity index (χ0v) is 10.6. The Balaban J connectivity index is 2.27. The Hall–Kier alpha value is -1.66. The molecule has 1 aliphatic heterocycles. The molecule has 1 atom stereocenters. The largest absolute Gasteiger partial charge is 0.505 e. The molecule has 0 saturated carbocycles. The second kappa shape index (κ2) is 5.99. The zero-order chi connectivity index (χ0) is 13.8. The molecule has 0 radical (unpaired) electrons. The molecule has 1 aromatic carbocycles. The number of nitrogens with zero attached hydrogens (tertiary/aromatic N) is 1. The Morgan fingerprint density at radius 2 is 2.21 bits per heavy atom. The van der Waals surface area contributed by atoms with Crippen LogP contribution in [0.5, 0.6) is 5.75 Å². The van der Waals surface area contributed by atoms with Gasteiger partial charge in [-0.3, -0.25) is 9.69 Å². The predicted molar refractivity (Wildman–Crippen MR) is 69.1 cm³/mol. The lowest BCUT2D eigenvalue weighted by Crippen LogP contribution is -2.39. The second-order valence-electron chi connectivity index (χ2n) is 4.66. The van der Waals surface area contributed by atoms with E-state index in [0.717, 1.165) is 26.1 Å². The molecule has 0 aliphatic carbocycles. The average Bonchev–Trinajstić information content (AvgIpc) is 2.62. The quantitative estimate of drug-likeness (QED) is 0.738. The Morgan fingerprint density at radius 1 is 1.42 bits per heavy atom. The number of amides is 1. The second-order valence-corrected chi connectivity index (χ2v) is 4.66. The summed E-state index contributed by atoms with van der Waals surface area (Å²) in [5.41, 5.74) is 5.93. The number of nitrogens with two attached hydrogens (primary N) is 1. The van der Waals surface area contributed by atoms with Crippen LogP contribution in [0, 0.1) is 5.82 Å². The van der Waals surface area contributed by atoms with E-state index in [0.29, 0.717) is 12.1 Å². The van der Waals surface area contributed by atoms with Crippen LogP contribution in [0.15, 0.2) is 18.2 Å². The van der Waals surface area contributed by atoms with Crippen molar-refractivity contribution < 1.29 is 14.3 Å². The summed E-state index contributed by atoms with van der Waals surface area (Å²) in [6.07, 6.45) is 0.907. The first-order valence-corrected chi connectivity index (χ1v) is 6.32. The van der Waals surface area contributed by atoms with E-state index in [1.165, 1.54) is 18.2 Å². The number of hydrogen-bond acceptors (Lipinski definition) is 4. The number of primary amides is 1. The van der Waals surface area contributed by atoms with Gasteiger partial charge in [-0.05, 0) is 30.7 Å². The van der Waals surface area contributed by atoms with Crippen molar-refractivity contribution in [1.82, 2.24) is 10.2 Å². The van der Waals surface area contributed by atoms with Gasteiger partial charge in [0.05, 0.1) is 0 Å². The molecule has 1 heterocycles. The normalized spacial score (nSPS) is 18.8. The Bertz CT molecular complexity index is 459. The molecule has 0 spiro atoms. The summed E-state index contributed by atoms with van der Waals surface area (Å²) in [5, 5.41) is 12.4. The van der Waals surface area contributed by atoms with Crippen LogP contribution in [0.25, 0.3) is 0 Å². The molecule has 6 heteroatoms. The number of hydrogen-bond donors (Lipinski definition) is 3. The summed E-state index contributed by atoms with van der Waals surface area (Å²) in [6.45, 7) is 3.06. The number of carbonyl (C=O) groups excluding carboxylic acids is 1. The van der Waals surface area contributed by atoms with E-state index in [2.05, 4.69) is 5.32 Å². The average molecular weight is 267 g/mol. The van der Waals surface area contributed by atoms with Gasteiger partial charge in [0.2, 0.25) is 5.91 Å². The number of rotatable bonds is 3. The van der Waals surface area contributed by atoms with Gasteiger partial charge in [-0.2, -0.15) is 0 Å². The molecule has 1 saturated heterocycles. The first-order chi connectivity index (χ1) is 9.09. The SMILES string of the molecule is NC(=O)C(c1ccc(O)c(F)c1)N1CCCNCC1. The van der Waals surface area contributed by atoms with Gasteiger partial charge in [0.15, 0.2) is 11.6 Å². The van der Waals surface area contributed by atoms with E-state index in [4.69, 9.17) is 5.73 Å². The first-order valence-electron chi connectivity index (χ1n) is 6.32. The first kappa shape index (κ1) is 13.8. The molecule has 19 heavy (non-hydrogen) atoms. The molecule has 104 valence electrons. The number of carbonyl (C=O) groups is 1. The van der Waals surface area contributed by atoms with Gasteiger partial charge in [0.25, 0.3) is 0 Å². The monoisotopic (exact) mass is 267 g/mol. The van der Waals surface area contributed by atoms with Crippen molar-refractivity contribution in [3.05, 3.63) is 29.6 Å². The predicted octanol–water partition coefficient (Wildman–Crippen LogP) is 0.353.